The molecule has 45 heavy (non-hydrogen) atoms. The first kappa shape index (κ1) is 33.2. The van der Waals surface area contributed by atoms with Crippen LogP contribution in [-0.2, 0) is 13.1 Å². The van der Waals surface area contributed by atoms with E-state index in [0.717, 1.165) is 53.0 Å². The van der Waals surface area contributed by atoms with Gasteiger partial charge in [-0.25, -0.2) is 9.13 Å². The monoisotopic (exact) mass is 612 g/mol. The summed E-state index contributed by atoms with van der Waals surface area (Å²) < 4.78 is 27.1. The van der Waals surface area contributed by atoms with E-state index < -0.39 is 0 Å². The fourth-order valence-corrected chi connectivity index (χ4v) is 4.63. The van der Waals surface area contributed by atoms with Crippen LogP contribution in [0.2, 0.25) is 0 Å². The summed E-state index contributed by atoms with van der Waals surface area (Å²) in [5, 5.41) is 18.1. The number of aliphatic hydroxyl groups excluding tert-OH is 2. The molecule has 4 rings (SSSR count). The van der Waals surface area contributed by atoms with Crippen LogP contribution in [0.4, 0.5) is 0 Å². The predicted octanol–water partition coefficient (Wildman–Crippen LogP) is 5.23. The number of nitrogens with zero attached hydrogens (tertiary/aromatic N) is 2. The van der Waals surface area contributed by atoms with Crippen LogP contribution < -0.4 is 28.1 Å². The molecule has 2 N–H and O–H groups in total. The number of aliphatic hydroxyl groups is 2. The van der Waals surface area contributed by atoms with Crippen molar-refractivity contribution >= 4 is 24.3 Å². The topological polar surface area (TPSA) is 85.1 Å². The van der Waals surface area contributed by atoms with Gasteiger partial charge in [-0.1, -0.05) is 36.4 Å². The van der Waals surface area contributed by atoms with E-state index in [1.807, 2.05) is 119 Å². The maximum Gasteiger partial charge on any atom is 0.171 e. The van der Waals surface area contributed by atoms with Crippen molar-refractivity contribution in [2.24, 2.45) is 0 Å². The minimum Gasteiger partial charge on any atom is -0.493 e. The minimum absolute atomic E-state index is 0.122. The molecule has 0 radical (unpaired) electrons. The van der Waals surface area contributed by atoms with E-state index in [-0.39, 0.29) is 13.2 Å². The third kappa shape index (κ3) is 10.8. The summed E-state index contributed by atoms with van der Waals surface area (Å²) in [5.41, 5.74) is 4.19. The maximum absolute atomic E-state index is 9.06. The molecular weight excluding hydrogens is 568 g/mol. The summed E-state index contributed by atoms with van der Waals surface area (Å²) in [4.78, 5) is 0. The summed E-state index contributed by atoms with van der Waals surface area (Å²) in [6.07, 6.45) is 18.8. The van der Waals surface area contributed by atoms with E-state index in [0.29, 0.717) is 37.8 Å². The Morgan fingerprint density at radius 3 is 1.29 bits per heavy atom. The molecule has 0 saturated heterocycles. The normalized spacial score (nSPS) is 11.3. The molecule has 2 aromatic heterocycles. The Hall–Kier alpha value is -4.66. The van der Waals surface area contributed by atoms with E-state index in [4.69, 9.17) is 29.2 Å². The summed E-state index contributed by atoms with van der Waals surface area (Å²) in [6.45, 7) is 2.61. The van der Waals surface area contributed by atoms with Crippen molar-refractivity contribution in [1.29, 1.82) is 0 Å². The highest BCUT2D eigenvalue weighted by atomic mass is 16.5. The smallest absolute Gasteiger partial charge is 0.171 e. The Balaban J connectivity index is 1.18. The number of rotatable bonds is 18. The van der Waals surface area contributed by atoms with Gasteiger partial charge in [0.2, 0.25) is 0 Å². The molecule has 0 unspecified atom stereocenters. The molecule has 0 aliphatic rings. The van der Waals surface area contributed by atoms with E-state index in [1.54, 1.807) is 14.2 Å². The highest BCUT2D eigenvalue weighted by Gasteiger charge is 2.07. The third-order valence-electron chi connectivity index (χ3n) is 7.17. The number of hydrogen-bond acceptors (Lipinski definition) is 6. The largest absolute Gasteiger partial charge is 0.493 e. The van der Waals surface area contributed by atoms with E-state index in [1.165, 1.54) is 0 Å². The van der Waals surface area contributed by atoms with Crippen molar-refractivity contribution in [2.75, 3.05) is 40.6 Å². The minimum atomic E-state index is 0.122. The standard InChI is InChI=1S/C37H44N2O6/c1-42-36-28-32(8-6-30-14-18-38(19-15-30)22-24-40)10-12-34(36)44-26-4-3-5-27-45-35-13-11-33(29-37(35)43-2)9-7-31-16-20-39(21-17-31)23-25-41/h6-21,28-29,40-41H,3-5,22-27H2,1-2H3/q+2. The fourth-order valence-electron chi connectivity index (χ4n) is 4.63. The van der Waals surface area contributed by atoms with Crippen LogP contribution in [-0.4, -0.2) is 50.9 Å². The van der Waals surface area contributed by atoms with Gasteiger partial charge in [0.1, 0.15) is 13.2 Å². The number of hydrogen-bond donors (Lipinski definition) is 2. The third-order valence-corrected chi connectivity index (χ3v) is 7.17. The Morgan fingerprint density at radius 2 is 0.911 bits per heavy atom. The van der Waals surface area contributed by atoms with Crippen molar-refractivity contribution in [3.63, 3.8) is 0 Å². The number of ether oxygens (including phenoxy) is 4. The first-order chi connectivity index (χ1) is 22.1. The average molecular weight is 613 g/mol. The highest BCUT2D eigenvalue weighted by molar-refractivity contribution is 5.71. The van der Waals surface area contributed by atoms with Crippen LogP contribution in [0.3, 0.4) is 0 Å². The molecule has 0 aliphatic carbocycles. The second kappa shape index (κ2) is 18.2. The average Bonchev–Trinajstić information content (AvgIpc) is 3.08. The molecule has 8 nitrogen and oxygen atoms in total. The van der Waals surface area contributed by atoms with E-state index in [2.05, 4.69) is 0 Å². The van der Waals surface area contributed by atoms with Crippen LogP contribution in [0, 0.1) is 0 Å². The van der Waals surface area contributed by atoms with Gasteiger partial charge in [-0.15, -0.1) is 0 Å². The Bertz CT molecular complexity index is 1400. The van der Waals surface area contributed by atoms with Gasteiger partial charge in [-0.05, 0) is 65.8 Å². The second-order valence-corrected chi connectivity index (χ2v) is 10.4. The van der Waals surface area contributed by atoms with Crippen LogP contribution in [0.15, 0.2) is 85.5 Å². The Kier molecular flexibility index (Phi) is 13.5. The van der Waals surface area contributed by atoms with Crippen molar-refractivity contribution in [3.8, 4) is 23.0 Å². The zero-order valence-corrected chi connectivity index (χ0v) is 26.2. The summed E-state index contributed by atoms with van der Waals surface area (Å²) in [6, 6.07) is 19.9. The fraction of sp³-hybridized carbons (Fsp3) is 0.297. The van der Waals surface area contributed by atoms with Crippen molar-refractivity contribution in [1.82, 2.24) is 0 Å². The lowest BCUT2D eigenvalue weighted by Crippen LogP contribution is -2.34. The zero-order chi connectivity index (χ0) is 31.7. The second-order valence-electron chi connectivity index (χ2n) is 10.4. The SMILES string of the molecule is COc1cc(C=Cc2cc[n+](CCO)cc2)ccc1OCCCCCOc1ccc(C=Cc2cc[n+](CCO)cc2)cc1OC. The lowest BCUT2D eigenvalue weighted by molar-refractivity contribution is -0.698. The lowest BCUT2D eigenvalue weighted by atomic mass is 10.1. The number of benzene rings is 2. The van der Waals surface area contributed by atoms with E-state index >= 15 is 0 Å². The Morgan fingerprint density at radius 1 is 0.511 bits per heavy atom. The predicted molar refractivity (Wildman–Crippen MR) is 176 cm³/mol. The summed E-state index contributed by atoms with van der Waals surface area (Å²) in [5.74, 6) is 2.86. The number of pyridine rings is 2. The van der Waals surface area contributed by atoms with Crippen LogP contribution >= 0.6 is 0 Å². The van der Waals surface area contributed by atoms with Gasteiger partial charge >= 0.3 is 0 Å². The van der Waals surface area contributed by atoms with Crippen LogP contribution in [0.25, 0.3) is 24.3 Å². The molecule has 0 aliphatic heterocycles. The number of unbranched alkanes of at least 4 members (excludes halogenated alkanes) is 2. The number of methoxy groups -OCH3 is 2. The molecule has 0 saturated carbocycles. The van der Waals surface area contributed by atoms with Gasteiger partial charge in [-0.3, -0.25) is 0 Å². The molecule has 0 amide bonds. The van der Waals surface area contributed by atoms with Crippen LogP contribution in [0.1, 0.15) is 41.5 Å². The van der Waals surface area contributed by atoms with Gasteiger partial charge < -0.3 is 29.2 Å². The first-order valence-electron chi connectivity index (χ1n) is 15.3. The molecule has 236 valence electrons. The molecule has 8 heteroatoms. The molecule has 2 heterocycles. The molecule has 4 aromatic rings. The number of aromatic nitrogens is 2. The first-order valence-corrected chi connectivity index (χ1v) is 15.3. The molecule has 0 spiro atoms. The molecular formula is C37H44N2O6+2. The molecule has 0 bridgehead atoms. The summed E-state index contributed by atoms with van der Waals surface area (Å²) >= 11 is 0. The van der Waals surface area contributed by atoms with Crippen LogP contribution in [0.5, 0.6) is 23.0 Å². The van der Waals surface area contributed by atoms with Crippen molar-refractivity contribution in [3.05, 3.63) is 108 Å². The van der Waals surface area contributed by atoms with Gasteiger partial charge in [0.05, 0.1) is 27.4 Å². The van der Waals surface area contributed by atoms with Gasteiger partial charge in [-0.2, -0.15) is 0 Å². The lowest BCUT2D eigenvalue weighted by Gasteiger charge is -2.12. The molecule has 2 aromatic carbocycles. The highest BCUT2D eigenvalue weighted by Crippen LogP contribution is 2.30. The molecule has 0 fully saturated rings. The van der Waals surface area contributed by atoms with Crippen molar-refractivity contribution < 1.29 is 38.3 Å². The Labute approximate surface area is 266 Å². The maximum atomic E-state index is 9.06. The summed E-state index contributed by atoms with van der Waals surface area (Å²) in [7, 11) is 3.30. The van der Waals surface area contributed by atoms with E-state index in [9.17, 15) is 0 Å². The van der Waals surface area contributed by atoms with Gasteiger partial charge in [0.25, 0.3) is 0 Å². The quantitative estimate of drug-likeness (QED) is 0.118. The molecule has 0 atom stereocenters. The zero-order valence-electron chi connectivity index (χ0n) is 26.2. The van der Waals surface area contributed by atoms with Crippen molar-refractivity contribution in [2.45, 2.75) is 32.4 Å². The van der Waals surface area contributed by atoms with Gasteiger partial charge in [0, 0.05) is 24.3 Å². The van der Waals surface area contributed by atoms with Gasteiger partial charge in [0.15, 0.2) is 60.9 Å².